The van der Waals surface area contributed by atoms with Crippen molar-refractivity contribution in [3.63, 3.8) is 0 Å². The first kappa shape index (κ1) is 6.62. The van der Waals surface area contributed by atoms with Gasteiger partial charge in [0.05, 0.1) is 0 Å². The van der Waals surface area contributed by atoms with Gasteiger partial charge in [0.15, 0.2) is 0 Å². The van der Waals surface area contributed by atoms with E-state index in [2.05, 4.69) is 17.1 Å². The summed E-state index contributed by atoms with van der Waals surface area (Å²) in [5.74, 6) is 0. The summed E-state index contributed by atoms with van der Waals surface area (Å²) >= 11 is 0. The monoisotopic (exact) mass is 140 g/mol. The first-order valence-electron chi connectivity index (χ1n) is 4.34. The molecule has 10 heavy (non-hydrogen) atoms. The molecule has 1 N–H and O–H groups in total. The second-order valence-corrected chi connectivity index (χ2v) is 3.54. The number of piperazine rings is 1. The maximum Gasteiger partial charge on any atom is 0.0224 e. The maximum absolute atomic E-state index is 3.46. The molecule has 2 heterocycles. The predicted octanol–water partition coefficient (Wildman–Crippen LogP) is 0.442. The number of nitrogens with zero attached hydrogens (tertiary/aromatic N) is 1. The van der Waals surface area contributed by atoms with Gasteiger partial charge in [-0.2, -0.15) is 0 Å². The fourth-order valence-electron chi connectivity index (χ4n) is 2.23. The zero-order chi connectivity index (χ0) is 6.97. The molecule has 0 aliphatic carbocycles. The van der Waals surface area contributed by atoms with E-state index in [-0.39, 0.29) is 0 Å². The average Bonchev–Trinajstić information content (AvgIpc) is 2.36. The standard InChI is InChI=1S/C8H16N2/c1-7-5-9-6-8-3-2-4-10(7)8/h7-9H,2-6H2,1H3. The summed E-state index contributed by atoms with van der Waals surface area (Å²) in [6.07, 6.45) is 2.83. The van der Waals surface area contributed by atoms with Crippen molar-refractivity contribution in [2.75, 3.05) is 19.6 Å². The van der Waals surface area contributed by atoms with Crippen LogP contribution in [0.1, 0.15) is 19.8 Å². The SMILES string of the molecule is CC1CNCC2CCCN12. The van der Waals surface area contributed by atoms with Crippen LogP contribution in [-0.2, 0) is 0 Å². The van der Waals surface area contributed by atoms with Crippen molar-refractivity contribution in [2.45, 2.75) is 31.8 Å². The highest BCUT2D eigenvalue weighted by Crippen LogP contribution is 2.21. The van der Waals surface area contributed by atoms with E-state index in [1.807, 2.05) is 0 Å². The highest BCUT2D eigenvalue weighted by atomic mass is 15.3. The van der Waals surface area contributed by atoms with E-state index in [1.165, 1.54) is 32.5 Å². The highest BCUT2D eigenvalue weighted by molar-refractivity contribution is 4.89. The van der Waals surface area contributed by atoms with E-state index in [0.717, 1.165) is 12.1 Å². The Balaban J connectivity index is 2.03. The first-order chi connectivity index (χ1) is 4.88. The van der Waals surface area contributed by atoms with Gasteiger partial charge in [-0.15, -0.1) is 0 Å². The quantitative estimate of drug-likeness (QED) is 0.525. The van der Waals surface area contributed by atoms with Gasteiger partial charge in [-0.3, -0.25) is 4.90 Å². The minimum absolute atomic E-state index is 0.779. The zero-order valence-electron chi connectivity index (χ0n) is 6.64. The molecule has 0 spiro atoms. The van der Waals surface area contributed by atoms with Gasteiger partial charge < -0.3 is 5.32 Å². The Morgan fingerprint density at radius 1 is 1.40 bits per heavy atom. The van der Waals surface area contributed by atoms with E-state index in [9.17, 15) is 0 Å². The Morgan fingerprint density at radius 3 is 3.10 bits per heavy atom. The molecule has 2 heteroatoms. The first-order valence-corrected chi connectivity index (χ1v) is 4.34. The molecule has 2 fully saturated rings. The van der Waals surface area contributed by atoms with Crippen LogP contribution < -0.4 is 5.32 Å². The summed E-state index contributed by atoms with van der Waals surface area (Å²) in [6.45, 7) is 6.08. The Kier molecular flexibility index (Phi) is 1.66. The Labute approximate surface area is 62.6 Å². The van der Waals surface area contributed by atoms with Gasteiger partial charge in [-0.1, -0.05) is 0 Å². The van der Waals surface area contributed by atoms with Crippen molar-refractivity contribution in [1.82, 2.24) is 10.2 Å². The van der Waals surface area contributed by atoms with Gasteiger partial charge >= 0.3 is 0 Å². The molecule has 2 aliphatic heterocycles. The van der Waals surface area contributed by atoms with Gasteiger partial charge in [0.1, 0.15) is 0 Å². The molecular formula is C8H16N2. The minimum Gasteiger partial charge on any atom is -0.314 e. The number of rotatable bonds is 0. The van der Waals surface area contributed by atoms with Crippen molar-refractivity contribution in [3.8, 4) is 0 Å². The van der Waals surface area contributed by atoms with E-state index in [1.54, 1.807) is 0 Å². The van der Waals surface area contributed by atoms with Crippen molar-refractivity contribution in [3.05, 3.63) is 0 Å². The third-order valence-electron chi connectivity index (χ3n) is 2.81. The van der Waals surface area contributed by atoms with Gasteiger partial charge in [0.25, 0.3) is 0 Å². The molecule has 2 atom stereocenters. The molecule has 0 aromatic heterocycles. The lowest BCUT2D eigenvalue weighted by atomic mass is 10.1. The second kappa shape index (κ2) is 2.51. The summed E-state index contributed by atoms with van der Waals surface area (Å²) in [5.41, 5.74) is 0. The molecule has 2 saturated heterocycles. The fourth-order valence-corrected chi connectivity index (χ4v) is 2.23. The van der Waals surface area contributed by atoms with Crippen LogP contribution in [0.15, 0.2) is 0 Å². The normalized spacial score (nSPS) is 41.7. The van der Waals surface area contributed by atoms with Crippen LogP contribution in [0, 0.1) is 0 Å². The van der Waals surface area contributed by atoms with Gasteiger partial charge in [0, 0.05) is 25.2 Å². The predicted molar refractivity (Wildman–Crippen MR) is 42.1 cm³/mol. The molecule has 2 aliphatic rings. The molecule has 0 radical (unpaired) electrons. The summed E-state index contributed by atoms with van der Waals surface area (Å²) < 4.78 is 0. The fraction of sp³-hybridized carbons (Fsp3) is 1.00. The average molecular weight is 140 g/mol. The maximum atomic E-state index is 3.46. The third-order valence-corrected chi connectivity index (χ3v) is 2.81. The topological polar surface area (TPSA) is 15.3 Å². The van der Waals surface area contributed by atoms with Gasteiger partial charge in [-0.25, -0.2) is 0 Å². The van der Waals surface area contributed by atoms with Gasteiger partial charge in [0.2, 0.25) is 0 Å². The summed E-state index contributed by atoms with van der Waals surface area (Å²) in [6, 6.07) is 1.64. The van der Waals surface area contributed by atoms with Crippen molar-refractivity contribution >= 4 is 0 Å². The summed E-state index contributed by atoms with van der Waals surface area (Å²) in [7, 11) is 0. The van der Waals surface area contributed by atoms with Crippen LogP contribution >= 0.6 is 0 Å². The van der Waals surface area contributed by atoms with E-state index < -0.39 is 0 Å². The van der Waals surface area contributed by atoms with Crippen LogP contribution in [0.2, 0.25) is 0 Å². The molecule has 0 saturated carbocycles. The third kappa shape index (κ3) is 0.956. The molecule has 0 aromatic rings. The second-order valence-electron chi connectivity index (χ2n) is 3.54. The van der Waals surface area contributed by atoms with E-state index >= 15 is 0 Å². The minimum atomic E-state index is 0.779. The Bertz CT molecular complexity index is 124. The molecule has 2 unspecified atom stereocenters. The van der Waals surface area contributed by atoms with Gasteiger partial charge in [-0.05, 0) is 26.3 Å². The number of fused-ring (bicyclic) bond motifs is 1. The van der Waals surface area contributed by atoms with Crippen LogP contribution in [0.5, 0.6) is 0 Å². The number of hydrogen-bond acceptors (Lipinski definition) is 2. The van der Waals surface area contributed by atoms with E-state index in [4.69, 9.17) is 0 Å². The summed E-state index contributed by atoms with van der Waals surface area (Å²) in [5, 5.41) is 3.46. The lowest BCUT2D eigenvalue weighted by molar-refractivity contribution is 0.149. The lowest BCUT2D eigenvalue weighted by Crippen LogP contribution is -2.53. The highest BCUT2D eigenvalue weighted by Gasteiger charge is 2.30. The van der Waals surface area contributed by atoms with Crippen molar-refractivity contribution in [2.24, 2.45) is 0 Å². The van der Waals surface area contributed by atoms with Crippen molar-refractivity contribution in [1.29, 1.82) is 0 Å². The molecule has 58 valence electrons. The van der Waals surface area contributed by atoms with Crippen LogP contribution in [0.3, 0.4) is 0 Å². The molecule has 0 amide bonds. The Morgan fingerprint density at radius 2 is 2.30 bits per heavy atom. The Hall–Kier alpha value is -0.0800. The molecule has 0 aromatic carbocycles. The summed E-state index contributed by atoms with van der Waals surface area (Å²) in [4.78, 5) is 2.65. The van der Waals surface area contributed by atoms with Crippen LogP contribution in [0.25, 0.3) is 0 Å². The zero-order valence-corrected chi connectivity index (χ0v) is 6.64. The smallest absolute Gasteiger partial charge is 0.0224 e. The van der Waals surface area contributed by atoms with Crippen LogP contribution in [0.4, 0.5) is 0 Å². The van der Waals surface area contributed by atoms with Crippen molar-refractivity contribution < 1.29 is 0 Å². The molecule has 2 rings (SSSR count). The number of nitrogens with one attached hydrogen (secondary N) is 1. The largest absolute Gasteiger partial charge is 0.314 e. The molecule has 2 nitrogen and oxygen atoms in total. The molecule has 0 bridgehead atoms. The van der Waals surface area contributed by atoms with Crippen LogP contribution in [-0.4, -0.2) is 36.6 Å². The van der Waals surface area contributed by atoms with E-state index in [0.29, 0.717) is 0 Å². The number of hydrogen-bond donors (Lipinski definition) is 1. The molecular weight excluding hydrogens is 124 g/mol. The lowest BCUT2D eigenvalue weighted by Gasteiger charge is -2.36.